The van der Waals surface area contributed by atoms with Crippen molar-refractivity contribution in [3.63, 3.8) is 0 Å². The van der Waals surface area contributed by atoms with Crippen LogP contribution in [0, 0.1) is 18.6 Å². The van der Waals surface area contributed by atoms with Crippen LogP contribution in [0.2, 0.25) is 0 Å². The summed E-state index contributed by atoms with van der Waals surface area (Å²) in [6.45, 7) is 1.94. The molecule has 0 saturated carbocycles. The van der Waals surface area contributed by atoms with E-state index < -0.39 is 11.6 Å². The first kappa shape index (κ1) is 11.8. The first-order valence-corrected chi connectivity index (χ1v) is 5.88. The average molecular weight is 259 g/mol. The molecular formula is C14H11F2N3. The predicted molar refractivity (Wildman–Crippen MR) is 67.8 cm³/mol. The van der Waals surface area contributed by atoms with Gasteiger partial charge in [0.2, 0.25) is 0 Å². The summed E-state index contributed by atoms with van der Waals surface area (Å²) in [7, 11) is 0. The molecule has 3 rings (SSSR count). The van der Waals surface area contributed by atoms with Crippen LogP contribution in [0.4, 0.5) is 8.78 Å². The molecule has 1 aromatic carbocycles. The van der Waals surface area contributed by atoms with E-state index in [1.807, 2.05) is 13.0 Å². The number of imidazole rings is 1. The molecule has 0 fully saturated rings. The lowest BCUT2D eigenvalue weighted by molar-refractivity contribution is 0.500. The van der Waals surface area contributed by atoms with Gasteiger partial charge in [-0.25, -0.2) is 18.7 Å². The quantitative estimate of drug-likeness (QED) is 0.768. The lowest BCUT2D eigenvalue weighted by Crippen LogP contribution is -1.97. The first-order chi connectivity index (χ1) is 9.15. The molecule has 19 heavy (non-hydrogen) atoms. The molecule has 5 heteroatoms. The van der Waals surface area contributed by atoms with Crippen LogP contribution in [-0.2, 0) is 6.42 Å². The maximum absolute atomic E-state index is 13.6. The third-order valence-electron chi connectivity index (χ3n) is 3.04. The number of aromatic amines is 1. The third-order valence-corrected chi connectivity index (χ3v) is 3.04. The topological polar surface area (TPSA) is 41.6 Å². The summed E-state index contributed by atoms with van der Waals surface area (Å²) in [6.07, 6.45) is 1.88. The van der Waals surface area contributed by atoms with Crippen molar-refractivity contribution < 1.29 is 8.78 Å². The second-order valence-corrected chi connectivity index (χ2v) is 4.40. The highest BCUT2D eigenvalue weighted by Gasteiger charge is 2.11. The van der Waals surface area contributed by atoms with Gasteiger partial charge in [-0.2, -0.15) is 0 Å². The molecule has 0 bridgehead atoms. The summed E-state index contributed by atoms with van der Waals surface area (Å²) < 4.78 is 26.7. The summed E-state index contributed by atoms with van der Waals surface area (Å²) in [6, 6.07) is 6.00. The van der Waals surface area contributed by atoms with E-state index >= 15 is 0 Å². The highest BCUT2D eigenvalue weighted by molar-refractivity contribution is 5.74. The number of nitrogens with zero attached hydrogens (tertiary/aromatic N) is 2. The molecule has 2 heterocycles. The van der Waals surface area contributed by atoms with E-state index in [0.29, 0.717) is 11.5 Å². The molecular weight excluding hydrogens is 248 g/mol. The van der Waals surface area contributed by atoms with Gasteiger partial charge in [0, 0.05) is 12.6 Å². The zero-order chi connectivity index (χ0) is 13.4. The third kappa shape index (κ3) is 2.07. The van der Waals surface area contributed by atoms with Crippen LogP contribution in [0.15, 0.2) is 30.5 Å². The number of fused-ring (bicyclic) bond motifs is 1. The smallest absolute Gasteiger partial charge is 0.177 e. The van der Waals surface area contributed by atoms with Gasteiger partial charge < -0.3 is 4.98 Å². The van der Waals surface area contributed by atoms with E-state index in [1.165, 1.54) is 6.07 Å². The predicted octanol–water partition coefficient (Wildman–Crippen LogP) is 3.14. The lowest BCUT2D eigenvalue weighted by atomic mass is 10.1. The summed E-state index contributed by atoms with van der Waals surface area (Å²) >= 11 is 0. The highest BCUT2D eigenvalue weighted by Crippen LogP contribution is 2.18. The number of pyridine rings is 1. The van der Waals surface area contributed by atoms with Crippen molar-refractivity contribution in [3.8, 4) is 0 Å². The van der Waals surface area contributed by atoms with Gasteiger partial charge >= 0.3 is 0 Å². The second-order valence-electron chi connectivity index (χ2n) is 4.40. The lowest BCUT2D eigenvalue weighted by Gasteiger charge is -2.01. The molecule has 0 radical (unpaired) electrons. The number of aromatic nitrogens is 3. The van der Waals surface area contributed by atoms with Crippen LogP contribution in [0.3, 0.4) is 0 Å². The van der Waals surface area contributed by atoms with Crippen LogP contribution in [0.25, 0.3) is 11.2 Å². The van der Waals surface area contributed by atoms with Gasteiger partial charge in [0.05, 0.1) is 5.52 Å². The SMILES string of the molecule is Cc1ccnc2nc(Cc3cccc(F)c3F)[nH]c12. The van der Waals surface area contributed by atoms with E-state index in [1.54, 1.807) is 12.3 Å². The van der Waals surface area contributed by atoms with Gasteiger partial charge in [0.25, 0.3) is 0 Å². The Morgan fingerprint density at radius 2 is 2.05 bits per heavy atom. The molecule has 0 saturated heterocycles. The van der Waals surface area contributed by atoms with Crippen molar-refractivity contribution in [2.45, 2.75) is 13.3 Å². The van der Waals surface area contributed by atoms with Crippen molar-refractivity contribution >= 4 is 11.2 Å². The first-order valence-electron chi connectivity index (χ1n) is 5.88. The molecule has 2 aromatic heterocycles. The number of nitrogens with one attached hydrogen (secondary N) is 1. The van der Waals surface area contributed by atoms with E-state index in [4.69, 9.17) is 0 Å². The van der Waals surface area contributed by atoms with Crippen LogP contribution >= 0.6 is 0 Å². The average Bonchev–Trinajstić information content (AvgIpc) is 2.79. The number of benzene rings is 1. The normalized spacial score (nSPS) is 11.1. The molecule has 0 aliphatic carbocycles. The minimum absolute atomic E-state index is 0.208. The molecule has 0 spiro atoms. The zero-order valence-electron chi connectivity index (χ0n) is 10.2. The molecule has 1 N–H and O–H groups in total. The molecule has 96 valence electrons. The summed E-state index contributed by atoms with van der Waals surface area (Å²) in [4.78, 5) is 11.5. The Morgan fingerprint density at radius 3 is 2.84 bits per heavy atom. The Bertz CT molecular complexity index is 750. The van der Waals surface area contributed by atoms with Crippen molar-refractivity contribution in [2.24, 2.45) is 0 Å². The van der Waals surface area contributed by atoms with Crippen molar-refractivity contribution in [2.75, 3.05) is 0 Å². The van der Waals surface area contributed by atoms with Gasteiger partial charge in [-0.3, -0.25) is 0 Å². The fraction of sp³-hybridized carbons (Fsp3) is 0.143. The van der Waals surface area contributed by atoms with Crippen LogP contribution in [-0.4, -0.2) is 15.0 Å². The van der Waals surface area contributed by atoms with Gasteiger partial charge in [0.1, 0.15) is 5.82 Å². The monoisotopic (exact) mass is 259 g/mol. The molecule has 3 nitrogen and oxygen atoms in total. The Kier molecular flexibility index (Phi) is 2.74. The minimum atomic E-state index is -0.845. The molecule has 0 atom stereocenters. The van der Waals surface area contributed by atoms with E-state index in [9.17, 15) is 8.78 Å². The van der Waals surface area contributed by atoms with E-state index in [-0.39, 0.29) is 12.0 Å². The molecule has 0 amide bonds. The van der Waals surface area contributed by atoms with Gasteiger partial charge in [-0.15, -0.1) is 0 Å². The van der Waals surface area contributed by atoms with E-state index in [2.05, 4.69) is 15.0 Å². The van der Waals surface area contributed by atoms with Gasteiger partial charge in [-0.05, 0) is 30.2 Å². The summed E-state index contributed by atoms with van der Waals surface area (Å²) in [5.41, 5.74) is 2.71. The Balaban J connectivity index is 2.02. The number of H-pyrrole nitrogens is 1. The fourth-order valence-corrected chi connectivity index (χ4v) is 2.03. The Morgan fingerprint density at radius 1 is 1.21 bits per heavy atom. The largest absolute Gasteiger partial charge is 0.340 e. The number of hydrogen-bond acceptors (Lipinski definition) is 2. The van der Waals surface area contributed by atoms with Crippen LogP contribution in [0.1, 0.15) is 17.0 Å². The standard InChI is InChI=1S/C14H11F2N3/c1-8-5-6-17-14-13(8)18-11(19-14)7-9-3-2-4-10(15)12(9)16/h2-6H,7H2,1H3,(H,17,18,19). The fourth-order valence-electron chi connectivity index (χ4n) is 2.03. The highest BCUT2D eigenvalue weighted by atomic mass is 19.2. The maximum Gasteiger partial charge on any atom is 0.177 e. The van der Waals surface area contributed by atoms with E-state index in [0.717, 1.165) is 17.1 Å². The molecule has 0 aliphatic rings. The number of hydrogen-bond donors (Lipinski definition) is 1. The van der Waals surface area contributed by atoms with Crippen molar-refractivity contribution in [3.05, 3.63) is 59.0 Å². The Hall–Kier alpha value is -2.30. The molecule has 0 unspecified atom stereocenters. The second kappa shape index (κ2) is 4.42. The summed E-state index contributed by atoms with van der Waals surface area (Å²) in [5, 5.41) is 0. The van der Waals surface area contributed by atoms with Crippen LogP contribution < -0.4 is 0 Å². The zero-order valence-corrected chi connectivity index (χ0v) is 10.2. The van der Waals surface area contributed by atoms with Crippen LogP contribution in [0.5, 0.6) is 0 Å². The van der Waals surface area contributed by atoms with Crippen molar-refractivity contribution in [1.82, 2.24) is 15.0 Å². The molecule has 3 aromatic rings. The molecule has 0 aliphatic heterocycles. The van der Waals surface area contributed by atoms with Gasteiger partial charge in [0.15, 0.2) is 17.3 Å². The maximum atomic E-state index is 13.6. The number of aryl methyl sites for hydroxylation is 1. The van der Waals surface area contributed by atoms with Crippen molar-refractivity contribution in [1.29, 1.82) is 0 Å². The summed E-state index contributed by atoms with van der Waals surface area (Å²) in [5.74, 6) is -1.10. The number of rotatable bonds is 2. The van der Waals surface area contributed by atoms with Gasteiger partial charge in [-0.1, -0.05) is 12.1 Å². The minimum Gasteiger partial charge on any atom is -0.340 e. The Labute approximate surface area is 108 Å². The number of halogens is 2.